The molecule has 148 valence electrons. The Morgan fingerprint density at radius 3 is 2.28 bits per heavy atom. The zero-order valence-electron chi connectivity index (χ0n) is 15.8. The van der Waals surface area contributed by atoms with E-state index in [0.717, 1.165) is 27.6 Å². The molecule has 0 aliphatic heterocycles. The Balaban J connectivity index is 2.03. The first-order valence-electron chi connectivity index (χ1n) is 8.97. The lowest BCUT2D eigenvalue weighted by Crippen LogP contribution is -2.31. The third-order valence-corrected chi connectivity index (χ3v) is 6.13. The molecule has 6 heteroatoms. The highest BCUT2D eigenvalue weighted by Gasteiger charge is 2.25. The monoisotopic (exact) mass is 409 g/mol. The molecular weight excluding hydrogens is 389 g/mol. The third-order valence-electron chi connectivity index (χ3n) is 4.32. The number of aldehydes is 1. The van der Waals surface area contributed by atoms with Crippen molar-refractivity contribution in [3.05, 3.63) is 101 Å². The maximum absolute atomic E-state index is 14.0. The maximum Gasteiger partial charge on any atom is 0.264 e. The molecule has 0 bridgehead atoms. The summed E-state index contributed by atoms with van der Waals surface area (Å²) >= 11 is 0. The van der Waals surface area contributed by atoms with Gasteiger partial charge in [-0.1, -0.05) is 60.2 Å². The average Bonchev–Trinajstić information content (AvgIpc) is 2.71. The highest BCUT2D eigenvalue weighted by atomic mass is 32.2. The zero-order chi connectivity index (χ0) is 20.9. The molecule has 29 heavy (non-hydrogen) atoms. The van der Waals surface area contributed by atoms with Gasteiger partial charge in [-0.2, -0.15) is 0 Å². The van der Waals surface area contributed by atoms with Crippen LogP contribution in [0.2, 0.25) is 0 Å². The summed E-state index contributed by atoms with van der Waals surface area (Å²) in [6.45, 7) is 1.84. The number of carbonyl (C=O) groups is 1. The minimum atomic E-state index is -3.97. The SMILES string of the molecule is Cc1ccc(S(=O)(=O)N(CC=Cc2ccccc2)c2cc(F)cc(C=O)c2)cc1. The van der Waals surface area contributed by atoms with Crippen molar-refractivity contribution in [2.24, 2.45) is 0 Å². The van der Waals surface area contributed by atoms with Crippen LogP contribution in [-0.4, -0.2) is 21.2 Å². The molecule has 0 saturated heterocycles. The molecule has 0 amide bonds. The number of halogens is 1. The average molecular weight is 409 g/mol. The number of aryl methyl sites for hydroxylation is 1. The summed E-state index contributed by atoms with van der Waals surface area (Å²) in [4.78, 5) is 11.2. The van der Waals surface area contributed by atoms with Gasteiger partial charge in [-0.3, -0.25) is 9.10 Å². The van der Waals surface area contributed by atoms with Gasteiger partial charge in [-0.05, 0) is 42.8 Å². The summed E-state index contributed by atoms with van der Waals surface area (Å²) in [6.07, 6.45) is 3.97. The predicted molar refractivity (Wildman–Crippen MR) is 113 cm³/mol. The molecule has 0 radical (unpaired) electrons. The second kappa shape index (κ2) is 8.84. The molecule has 0 N–H and O–H groups in total. The number of rotatable bonds is 7. The van der Waals surface area contributed by atoms with Crippen molar-refractivity contribution < 1.29 is 17.6 Å². The summed E-state index contributed by atoms with van der Waals surface area (Å²) in [6, 6.07) is 19.4. The first-order chi connectivity index (χ1) is 13.9. The highest BCUT2D eigenvalue weighted by Crippen LogP contribution is 2.26. The lowest BCUT2D eigenvalue weighted by Gasteiger charge is -2.23. The van der Waals surface area contributed by atoms with Gasteiger partial charge in [0.25, 0.3) is 10.0 Å². The van der Waals surface area contributed by atoms with Crippen LogP contribution < -0.4 is 4.31 Å². The molecular formula is C23H20FNO3S. The Morgan fingerprint density at radius 2 is 1.62 bits per heavy atom. The normalized spacial score (nSPS) is 11.5. The maximum atomic E-state index is 14.0. The molecule has 0 unspecified atom stereocenters. The van der Waals surface area contributed by atoms with Crippen molar-refractivity contribution in [3.63, 3.8) is 0 Å². The van der Waals surface area contributed by atoms with Crippen LogP contribution in [0.25, 0.3) is 6.08 Å². The van der Waals surface area contributed by atoms with Crippen LogP contribution in [0.15, 0.2) is 83.8 Å². The molecule has 3 rings (SSSR count). The molecule has 0 spiro atoms. The number of sulfonamides is 1. The van der Waals surface area contributed by atoms with Crippen LogP contribution >= 0.6 is 0 Å². The number of carbonyl (C=O) groups excluding carboxylic acids is 1. The minimum Gasteiger partial charge on any atom is -0.298 e. The van der Waals surface area contributed by atoms with Gasteiger partial charge in [0.1, 0.15) is 12.1 Å². The van der Waals surface area contributed by atoms with Gasteiger partial charge >= 0.3 is 0 Å². The van der Waals surface area contributed by atoms with Gasteiger partial charge in [0.05, 0.1) is 17.1 Å². The van der Waals surface area contributed by atoms with E-state index >= 15 is 0 Å². The molecule has 0 heterocycles. The highest BCUT2D eigenvalue weighted by molar-refractivity contribution is 7.92. The number of anilines is 1. The van der Waals surface area contributed by atoms with Crippen molar-refractivity contribution in [1.82, 2.24) is 0 Å². The Bertz CT molecular complexity index is 1120. The molecule has 0 aromatic heterocycles. The first-order valence-corrected chi connectivity index (χ1v) is 10.4. The number of hydrogen-bond acceptors (Lipinski definition) is 3. The molecule has 0 atom stereocenters. The van der Waals surface area contributed by atoms with Crippen LogP contribution in [0.5, 0.6) is 0 Å². The Kier molecular flexibility index (Phi) is 6.24. The fourth-order valence-corrected chi connectivity index (χ4v) is 4.24. The lowest BCUT2D eigenvalue weighted by atomic mass is 10.2. The molecule has 3 aromatic rings. The number of benzene rings is 3. The number of nitrogens with zero attached hydrogens (tertiary/aromatic N) is 1. The van der Waals surface area contributed by atoms with Crippen LogP contribution in [0, 0.1) is 12.7 Å². The third kappa shape index (κ3) is 4.97. The Labute approximate surface area is 170 Å². The molecule has 0 fully saturated rings. The van der Waals surface area contributed by atoms with Crippen LogP contribution in [0.3, 0.4) is 0 Å². The Morgan fingerprint density at radius 1 is 0.931 bits per heavy atom. The van der Waals surface area contributed by atoms with E-state index in [1.54, 1.807) is 24.3 Å². The number of hydrogen-bond donors (Lipinski definition) is 0. The summed E-state index contributed by atoms with van der Waals surface area (Å²) in [5.74, 6) is -0.680. The van der Waals surface area contributed by atoms with Crippen molar-refractivity contribution in [2.75, 3.05) is 10.8 Å². The lowest BCUT2D eigenvalue weighted by molar-refractivity contribution is 0.112. The van der Waals surface area contributed by atoms with Gasteiger partial charge in [0.15, 0.2) is 0 Å². The summed E-state index contributed by atoms with van der Waals surface area (Å²) in [5.41, 5.74) is 1.99. The molecule has 0 aliphatic carbocycles. The summed E-state index contributed by atoms with van der Waals surface area (Å²) in [7, 11) is -3.97. The smallest absolute Gasteiger partial charge is 0.264 e. The van der Waals surface area contributed by atoms with Crippen LogP contribution in [-0.2, 0) is 10.0 Å². The van der Waals surface area contributed by atoms with Gasteiger partial charge in [0, 0.05) is 5.56 Å². The van der Waals surface area contributed by atoms with Gasteiger partial charge < -0.3 is 0 Å². The standard InChI is InChI=1S/C23H20FNO3S/c1-18-9-11-23(12-10-18)29(27,28)25(13-5-8-19-6-3-2-4-7-19)22-15-20(17-26)14-21(24)16-22/h2-12,14-17H,13H2,1H3. The predicted octanol–water partition coefficient (Wildman–Crippen LogP) is 4.86. The quantitative estimate of drug-likeness (QED) is 0.524. The van der Waals surface area contributed by atoms with E-state index < -0.39 is 15.8 Å². The van der Waals surface area contributed by atoms with Crippen molar-refractivity contribution in [1.29, 1.82) is 0 Å². The van der Waals surface area contributed by atoms with E-state index in [0.29, 0.717) is 6.29 Å². The Hall–Kier alpha value is -3.25. The summed E-state index contributed by atoms with van der Waals surface area (Å²) < 4.78 is 41.7. The fraction of sp³-hybridized carbons (Fsp3) is 0.0870. The van der Waals surface area contributed by atoms with E-state index in [1.165, 1.54) is 18.2 Å². The second-order valence-corrected chi connectivity index (χ2v) is 8.39. The molecule has 0 aliphatic rings. The van der Waals surface area contributed by atoms with Gasteiger partial charge in [-0.15, -0.1) is 0 Å². The topological polar surface area (TPSA) is 54.5 Å². The molecule has 4 nitrogen and oxygen atoms in total. The second-order valence-electron chi connectivity index (χ2n) is 6.52. The van der Waals surface area contributed by atoms with E-state index in [1.807, 2.05) is 37.3 Å². The molecule has 3 aromatic carbocycles. The van der Waals surface area contributed by atoms with Gasteiger partial charge in [0.2, 0.25) is 0 Å². The van der Waals surface area contributed by atoms with Crippen LogP contribution in [0.4, 0.5) is 10.1 Å². The van der Waals surface area contributed by atoms with E-state index in [-0.39, 0.29) is 22.7 Å². The van der Waals surface area contributed by atoms with Gasteiger partial charge in [-0.25, -0.2) is 12.8 Å². The van der Waals surface area contributed by atoms with E-state index in [2.05, 4.69) is 0 Å². The van der Waals surface area contributed by atoms with Crippen molar-refractivity contribution in [3.8, 4) is 0 Å². The largest absolute Gasteiger partial charge is 0.298 e. The zero-order valence-corrected chi connectivity index (χ0v) is 16.6. The minimum absolute atomic E-state index is 0.0210. The first kappa shape index (κ1) is 20.5. The fourth-order valence-electron chi connectivity index (χ4n) is 2.84. The molecule has 0 saturated carbocycles. The summed E-state index contributed by atoms with van der Waals surface area (Å²) in [5, 5.41) is 0. The van der Waals surface area contributed by atoms with Crippen molar-refractivity contribution >= 4 is 28.1 Å². The van der Waals surface area contributed by atoms with E-state index in [4.69, 9.17) is 0 Å². The van der Waals surface area contributed by atoms with Crippen LogP contribution in [0.1, 0.15) is 21.5 Å². The van der Waals surface area contributed by atoms with E-state index in [9.17, 15) is 17.6 Å². The van der Waals surface area contributed by atoms with Crippen molar-refractivity contribution in [2.45, 2.75) is 11.8 Å².